The fraction of sp³-hybridized carbons (Fsp3) is 0.273. The van der Waals surface area contributed by atoms with Gasteiger partial charge in [-0.25, -0.2) is 9.78 Å². The summed E-state index contributed by atoms with van der Waals surface area (Å²) < 4.78 is 6.72. The largest absolute Gasteiger partial charge is 0.497 e. The van der Waals surface area contributed by atoms with Crippen molar-refractivity contribution in [1.82, 2.24) is 20.2 Å². The van der Waals surface area contributed by atoms with Gasteiger partial charge in [0.15, 0.2) is 5.16 Å². The minimum atomic E-state index is -0.532. The number of imide groups is 1. The topological polar surface area (TPSA) is 102 Å². The lowest BCUT2D eigenvalue weighted by Gasteiger charge is -2.14. The number of hydrogen-bond donors (Lipinski definition) is 2. The van der Waals surface area contributed by atoms with Crippen molar-refractivity contribution in [2.75, 3.05) is 19.4 Å². The summed E-state index contributed by atoms with van der Waals surface area (Å²) in [6.45, 7) is 2.52. The summed E-state index contributed by atoms with van der Waals surface area (Å²) in [6.07, 6.45) is 1.78. The van der Waals surface area contributed by atoms with Gasteiger partial charge < -0.3 is 10.1 Å². The first-order valence-electron chi connectivity index (χ1n) is 9.90. The van der Waals surface area contributed by atoms with E-state index in [0.29, 0.717) is 34.0 Å². The first kappa shape index (κ1) is 22.4. The summed E-state index contributed by atoms with van der Waals surface area (Å²) in [6, 6.07) is 13.6. The number of para-hydroxylation sites is 1. The van der Waals surface area contributed by atoms with Crippen molar-refractivity contribution >= 4 is 34.6 Å². The molecule has 0 saturated heterocycles. The Morgan fingerprint density at radius 1 is 1.16 bits per heavy atom. The third-order valence-corrected chi connectivity index (χ3v) is 5.40. The third kappa shape index (κ3) is 5.64. The van der Waals surface area contributed by atoms with E-state index in [4.69, 9.17) is 4.74 Å². The van der Waals surface area contributed by atoms with E-state index in [1.54, 1.807) is 55.6 Å². The van der Waals surface area contributed by atoms with E-state index < -0.39 is 11.9 Å². The van der Waals surface area contributed by atoms with E-state index >= 15 is 0 Å². The zero-order chi connectivity index (χ0) is 22.2. The number of thioether (sulfide) groups is 1. The predicted molar refractivity (Wildman–Crippen MR) is 121 cm³/mol. The van der Waals surface area contributed by atoms with Crippen LogP contribution in [0.5, 0.6) is 5.75 Å². The lowest BCUT2D eigenvalue weighted by molar-refractivity contribution is -0.117. The number of urea groups is 1. The van der Waals surface area contributed by atoms with Crippen LogP contribution in [0.3, 0.4) is 0 Å². The molecule has 1 heterocycles. The Balaban J connectivity index is 1.87. The fourth-order valence-electron chi connectivity index (χ4n) is 2.90. The van der Waals surface area contributed by atoms with Crippen molar-refractivity contribution < 1.29 is 14.3 Å². The molecule has 0 radical (unpaired) electrons. The van der Waals surface area contributed by atoms with Gasteiger partial charge in [-0.15, -0.1) is 0 Å². The van der Waals surface area contributed by atoms with E-state index in [2.05, 4.69) is 15.6 Å². The van der Waals surface area contributed by atoms with Gasteiger partial charge in [-0.1, -0.05) is 43.3 Å². The average molecular weight is 441 g/mol. The number of carbonyl (C=O) groups excluding carboxylic acids is 2. The molecule has 0 aliphatic rings. The van der Waals surface area contributed by atoms with Gasteiger partial charge in [-0.2, -0.15) is 0 Å². The zero-order valence-electron chi connectivity index (χ0n) is 17.4. The molecule has 0 saturated carbocycles. The molecular weight excluding hydrogens is 416 g/mol. The first-order valence-corrected chi connectivity index (χ1v) is 10.9. The molecule has 2 N–H and O–H groups in total. The molecule has 8 nitrogen and oxygen atoms in total. The molecule has 0 bridgehead atoms. The predicted octanol–water partition coefficient (Wildman–Crippen LogP) is 3.11. The number of rotatable bonds is 8. The summed E-state index contributed by atoms with van der Waals surface area (Å²) >= 11 is 1.08. The van der Waals surface area contributed by atoms with E-state index in [1.807, 2.05) is 6.92 Å². The second kappa shape index (κ2) is 10.6. The lowest BCUT2D eigenvalue weighted by atomic mass is 10.2. The zero-order valence-corrected chi connectivity index (χ0v) is 18.2. The second-order valence-electron chi connectivity index (χ2n) is 6.70. The maximum absolute atomic E-state index is 13.2. The van der Waals surface area contributed by atoms with Gasteiger partial charge in [0.05, 0.1) is 29.5 Å². The van der Waals surface area contributed by atoms with Crippen LogP contribution in [-0.2, 0) is 4.79 Å². The van der Waals surface area contributed by atoms with E-state index in [-0.39, 0.29) is 11.3 Å². The number of nitrogens with one attached hydrogen (secondary N) is 2. The summed E-state index contributed by atoms with van der Waals surface area (Å²) in [7, 11) is 1.55. The van der Waals surface area contributed by atoms with Crippen molar-refractivity contribution in [2.45, 2.75) is 24.9 Å². The monoisotopic (exact) mass is 440 g/mol. The van der Waals surface area contributed by atoms with Crippen LogP contribution >= 0.6 is 11.8 Å². The van der Waals surface area contributed by atoms with E-state index in [0.717, 1.165) is 24.6 Å². The highest BCUT2D eigenvalue weighted by molar-refractivity contribution is 7.99. The third-order valence-electron chi connectivity index (χ3n) is 4.46. The first-order chi connectivity index (χ1) is 15.0. The quantitative estimate of drug-likeness (QED) is 0.317. The summed E-state index contributed by atoms with van der Waals surface area (Å²) in [5, 5.41) is 5.74. The average Bonchev–Trinajstić information content (AvgIpc) is 2.78. The molecule has 0 aliphatic carbocycles. The highest BCUT2D eigenvalue weighted by atomic mass is 32.2. The fourth-order valence-corrected chi connectivity index (χ4v) is 3.71. The number of amides is 3. The minimum absolute atomic E-state index is 0.0735. The van der Waals surface area contributed by atoms with Crippen LogP contribution in [0.25, 0.3) is 16.6 Å². The SMILES string of the molecule is CCCCNC(=O)NC(=O)CSc1nc2ccccc2c(=O)n1-c1cccc(OC)c1. The van der Waals surface area contributed by atoms with Crippen LogP contribution in [0, 0.1) is 0 Å². The van der Waals surface area contributed by atoms with Crippen molar-refractivity contribution in [3.8, 4) is 11.4 Å². The molecule has 0 aliphatic heterocycles. The van der Waals surface area contributed by atoms with E-state index in [1.165, 1.54) is 4.57 Å². The number of ether oxygens (including phenoxy) is 1. The Morgan fingerprint density at radius 2 is 1.97 bits per heavy atom. The number of nitrogens with zero attached hydrogens (tertiary/aromatic N) is 2. The van der Waals surface area contributed by atoms with Gasteiger partial charge in [0.25, 0.3) is 5.56 Å². The molecule has 3 rings (SSSR count). The van der Waals surface area contributed by atoms with Gasteiger partial charge in [0, 0.05) is 12.6 Å². The summed E-state index contributed by atoms with van der Waals surface area (Å²) in [4.78, 5) is 41.8. The number of benzene rings is 2. The molecule has 0 atom stereocenters. The molecule has 162 valence electrons. The lowest BCUT2D eigenvalue weighted by Crippen LogP contribution is -2.40. The Bertz CT molecular complexity index is 1150. The van der Waals surface area contributed by atoms with E-state index in [9.17, 15) is 14.4 Å². The van der Waals surface area contributed by atoms with Crippen molar-refractivity contribution in [3.63, 3.8) is 0 Å². The summed E-state index contributed by atoms with van der Waals surface area (Å²) in [5.74, 6) is 0.0456. The van der Waals surface area contributed by atoms with Crippen LogP contribution in [0.15, 0.2) is 58.5 Å². The molecule has 3 amide bonds. The molecule has 2 aromatic carbocycles. The number of methoxy groups -OCH3 is 1. The summed E-state index contributed by atoms with van der Waals surface area (Å²) in [5.41, 5.74) is 0.855. The van der Waals surface area contributed by atoms with Crippen LogP contribution in [0.1, 0.15) is 19.8 Å². The Morgan fingerprint density at radius 3 is 2.74 bits per heavy atom. The van der Waals surface area contributed by atoms with Crippen LogP contribution in [-0.4, -0.2) is 40.9 Å². The van der Waals surface area contributed by atoms with Crippen molar-refractivity contribution in [2.24, 2.45) is 0 Å². The Labute approximate surface area is 184 Å². The molecule has 1 aromatic heterocycles. The maximum atomic E-state index is 13.2. The molecule has 3 aromatic rings. The van der Waals surface area contributed by atoms with Crippen molar-refractivity contribution in [1.29, 1.82) is 0 Å². The van der Waals surface area contributed by atoms with Crippen LogP contribution in [0.4, 0.5) is 4.79 Å². The number of unbranched alkanes of at least 4 members (excludes halogenated alkanes) is 1. The maximum Gasteiger partial charge on any atom is 0.321 e. The molecule has 9 heteroatoms. The van der Waals surface area contributed by atoms with Gasteiger partial charge in [0.1, 0.15) is 5.75 Å². The van der Waals surface area contributed by atoms with Gasteiger partial charge in [-0.3, -0.25) is 19.5 Å². The number of fused-ring (bicyclic) bond motifs is 1. The van der Waals surface area contributed by atoms with Crippen LogP contribution < -0.4 is 20.9 Å². The van der Waals surface area contributed by atoms with Gasteiger partial charge in [0.2, 0.25) is 5.91 Å². The smallest absolute Gasteiger partial charge is 0.321 e. The Hall–Kier alpha value is -3.33. The highest BCUT2D eigenvalue weighted by Crippen LogP contribution is 2.23. The minimum Gasteiger partial charge on any atom is -0.497 e. The molecule has 0 fully saturated rings. The van der Waals surface area contributed by atoms with Gasteiger partial charge in [-0.05, 0) is 30.7 Å². The normalized spacial score (nSPS) is 10.6. The number of hydrogen-bond acceptors (Lipinski definition) is 6. The molecular formula is C22H24N4O4S. The number of carbonyl (C=O) groups is 2. The van der Waals surface area contributed by atoms with Gasteiger partial charge >= 0.3 is 6.03 Å². The molecule has 0 spiro atoms. The number of aromatic nitrogens is 2. The van der Waals surface area contributed by atoms with Crippen LogP contribution in [0.2, 0.25) is 0 Å². The standard InChI is InChI=1S/C22H24N4O4S/c1-3-4-12-23-21(29)25-19(27)14-31-22-24-18-11-6-5-10-17(18)20(28)26(22)15-8-7-9-16(13-15)30-2/h5-11,13H,3-4,12,14H2,1-2H3,(H2,23,25,27,29). The molecule has 31 heavy (non-hydrogen) atoms. The van der Waals surface area contributed by atoms with Crippen molar-refractivity contribution in [3.05, 3.63) is 58.9 Å². The Kier molecular flexibility index (Phi) is 7.66. The molecule has 0 unspecified atom stereocenters. The highest BCUT2D eigenvalue weighted by Gasteiger charge is 2.16. The second-order valence-corrected chi connectivity index (χ2v) is 7.64.